The molecule has 0 radical (unpaired) electrons. The van der Waals surface area contributed by atoms with E-state index in [1.165, 1.54) is 0 Å². The number of rotatable bonds is 8. The van der Waals surface area contributed by atoms with Gasteiger partial charge in [-0.05, 0) is 43.7 Å². The first-order valence-corrected chi connectivity index (χ1v) is 12.9. The molecule has 2 rings (SSSR count). The number of nitrogens with zero attached hydrogens (tertiary/aromatic N) is 2. The number of aliphatic hydroxyl groups is 1. The van der Waals surface area contributed by atoms with E-state index in [0.717, 1.165) is 44.9 Å². The minimum Gasteiger partial charge on any atom is -0.391 e. The van der Waals surface area contributed by atoms with Gasteiger partial charge in [0.25, 0.3) is 5.91 Å². The van der Waals surface area contributed by atoms with Crippen LogP contribution in [0.5, 0.6) is 0 Å². The number of fused-ring (bicyclic) bond motifs is 2. The molecule has 3 N–H and O–H groups in total. The first kappa shape index (κ1) is 28.1. The fourth-order valence-corrected chi connectivity index (χ4v) is 4.41. The van der Waals surface area contributed by atoms with Gasteiger partial charge < -0.3 is 15.7 Å². The zero-order chi connectivity index (χ0) is 24.9. The molecule has 1 aromatic heterocycles. The van der Waals surface area contributed by atoms with E-state index >= 15 is 0 Å². The van der Waals surface area contributed by atoms with Crippen molar-refractivity contribution in [2.24, 2.45) is 11.8 Å². The van der Waals surface area contributed by atoms with Crippen LogP contribution in [0.2, 0.25) is 0 Å². The summed E-state index contributed by atoms with van der Waals surface area (Å²) >= 11 is 0. The molecule has 0 fully saturated rings. The smallest absolute Gasteiger partial charge is 0.251 e. The zero-order valence-electron chi connectivity index (χ0n) is 21.4. The number of nitrogens with one attached hydrogen (secondary N) is 2. The topological polar surface area (TPSA) is 104 Å². The van der Waals surface area contributed by atoms with Gasteiger partial charge in [-0.15, -0.1) is 0 Å². The molecule has 2 heterocycles. The number of hydroxylamine groups is 1. The number of carbonyl (C=O) groups is 2. The molecule has 4 atom stereocenters. The van der Waals surface area contributed by atoms with Gasteiger partial charge >= 0.3 is 0 Å². The van der Waals surface area contributed by atoms with Gasteiger partial charge in [0.2, 0.25) is 5.91 Å². The lowest BCUT2D eigenvalue weighted by molar-refractivity contribution is -0.125. The molecule has 34 heavy (non-hydrogen) atoms. The number of aromatic nitrogens is 1. The van der Waals surface area contributed by atoms with Crippen molar-refractivity contribution < 1.29 is 19.5 Å². The molecule has 1 aliphatic heterocycles. The molecule has 8 heteroatoms. The summed E-state index contributed by atoms with van der Waals surface area (Å²) in [7, 11) is 1.61. The maximum absolute atomic E-state index is 13.1. The van der Waals surface area contributed by atoms with E-state index in [9.17, 15) is 14.7 Å². The largest absolute Gasteiger partial charge is 0.391 e. The second-order valence-corrected chi connectivity index (χ2v) is 9.66. The summed E-state index contributed by atoms with van der Waals surface area (Å²) < 4.78 is 0. The van der Waals surface area contributed by atoms with Crippen molar-refractivity contribution in [1.29, 1.82) is 0 Å². The summed E-state index contributed by atoms with van der Waals surface area (Å²) in [6, 6.07) is 2.95. The molecule has 1 aliphatic rings. The molecule has 0 spiro atoms. The Hall–Kier alpha value is -2.19. The van der Waals surface area contributed by atoms with Crippen molar-refractivity contribution >= 4 is 17.6 Å². The zero-order valence-corrected chi connectivity index (χ0v) is 21.4. The Bertz CT molecular complexity index is 760. The van der Waals surface area contributed by atoms with Crippen LogP contribution in [-0.2, 0) is 9.63 Å². The van der Waals surface area contributed by atoms with Crippen LogP contribution >= 0.6 is 0 Å². The van der Waals surface area contributed by atoms with Crippen molar-refractivity contribution in [3.05, 3.63) is 23.9 Å². The van der Waals surface area contributed by atoms with Gasteiger partial charge in [-0.2, -0.15) is 0 Å². The van der Waals surface area contributed by atoms with Gasteiger partial charge in [0, 0.05) is 30.8 Å². The van der Waals surface area contributed by atoms with Crippen molar-refractivity contribution in [3.8, 4) is 0 Å². The number of hydrogen-bond donors (Lipinski definition) is 3. The fraction of sp³-hybridized carbons (Fsp3) is 0.731. The van der Waals surface area contributed by atoms with Crippen LogP contribution in [0.1, 0.15) is 88.9 Å². The maximum atomic E-state index is 13.1. The van der Waals surface area contributed by atoms with Crippen LogP contribution < -0.4 is 15.7 Å². The van der Waals surface area contributed by atoms with Crippen molar-refractivity contribution in [3.63, 3.8) is 0 Å². The van der Waals surface area contributed by atoms with E-state index in [1.807, 2.05) is 6.92 Å². The summed E-state index contributed by atoms with van der Waals surface area (Å²) in [5, 5.41) is 18.8. The second kappa shape index (κ2) is 14.9. The minimum absolute atomic E-state index is 0.0533. The van der Waals surface area contributed by atoms with E-state index in [1.54, 1.807) is 30.5 Å². The van der Waals surface area contributed by atoms with Crippen LogP contribution in [0.4, 0.5) is 5.82 Å². The average molecular weight is 477 g/mol. The normalized spacial score (nSPS) is 22.1. The van der Waals surface area contributed by atoms with E-state index in [-0.39, 0.29) is 17.7 Å². The summed E-state index contributed by atoms with van der Waals surface area (Å²) in [4.78, 5) is 35.4. The molecule has 2 amide bonds. The third-order valence-corrected chi connectivity index (χ3v) is 6.60. The molecule has 0 aliphatic carbocycles. The van der Waals surface area contributed by atoms with Gasteiger partial charge in [0.1, 0.15) is 0 Å². The molecule has 8 nitrogen and oxygen atoms in total. The maximum Gasteiger partial charge on any atom is 0.251 e. The molecular weight excluding hydrogens is 432 g/mol. The predicted molar refractivity (Wildman–Crippen MR) is 134 cm³/mol. The summed E-state index contributed by atoms with van der Waals surface area (Å²) in [5.41, 5.74) is 0.470. The summed E-state index contributed by atoms with van der Waals surface area (Å²) in [5.74, 6) is 0.293. The summed E-state index contributed by atoms with van der Waals surface area (Å²) in [6.07, 6.45) is 9.06. The van der Waals surface area contributed by atoms with Gasteiger partial charge in [0.15, 0.2) is 5.82 Å². The number of unbranched alkanes of at least 4 members (excludes halogenated alkanes) is 1. The van der Waals surface area contributed by atoms with E-state index in [2.05, 4.69) is 29.5 Å². The lowest BCUT2D eigenvalue weighted by Gasteiger charge is -2.28. The van der Waals surface area contributed by atoms with Crippen LogP contribution in [0, 0.1) is 11.8 Å². The SMILES string of the molecule is CCCCNC(=O)C(C)CC(O)C1C[C@H](C)CCCCCCN(OC)c2cc(ccn2)C(=O)N1. The molecule has 0 saturated heterocycles. The van der Waals surface area contributed by atoms with Gasteiger partial charge in [0.05, 0.1) is 19.3 Å². The standard InChI is InChI=1S/C26H44N4O4/c1-5-6-13-28-25(32)20(3)17-23(31)22-16-19(2)11-9-7-8-10-15-30(34-4)24-18-21(12-14-27-24)26(33)29-22/h12,14,18-20,22-23,31H,5-11,13,15-17H2,1-4H3,(H,28,32)(H,29,33)/t19-,20?,22?,23?/m1/s1. The van der Waals surface area contributed by atoms with Crippen LogP contribution in [0.25, 0.3) is 0 Å². The van der Waals surface area contributed by atoms with Crippen LogP contribution in [0.3, 0.4) is 0 Å². The van der Waals surface area contributed by atoms with Crippen molar-refractivity contribution in [1.82, 2.24) is 15.6 Å². The molecule has 3 unspecified atom stereocenters. The quantitative estimate of drug-likeness (QED) is 0.493. The molecule has 1 aromatic rings. The molecule has 0 saturated carbocycles. The van der Waals surface area contributed by atoms with E-state index < -0.39 is 12.1 Å². The van der Waals surface area contributed by atoms with Gasteiger partial charge in [-0.25, -0.2) is 10.0 Å². The highest BCUT2D eigenvalue weighted by molar-refractivity contribution is 5.95. The number of aliphatic hydroxyl groups excluding tert-OH is 1. The third-order valence-electron chi connectivity index (χ3n) is 6.60. The van der Waals surface area contributed by atoms with Gasteiger partial charge in [-0.1, -0.05) is 52.9 Å². The van der Waals surface area contributed by atoms with Crippen LogP contribution in [-0.4, -0.2) is 54.2 Å². The lowest BCUT2D eigenvalue weighted by atomic mass is 9.89. The Morgan fingerprint density at radius 3 is 2.85 bits per heavy atom. The monoisotopic (exact) mass is 476 g/mol. The molecule has 2 bridgehead atoms. The lowest BCUT2D eigenvalue weighted by Crippen LogP contribution is -2.46. The first-order valence-electron chi connectivity index (χ1n) is 12.9. The third kappa shape index (κ3) is 9.22. The Morgan fingerprint density at radius 1 is 1.35 bits per heavy atom. The van der Waals surface area contributed by atoms with Crippen molar-refractivity contribution in [2.45, 2.75) is 90.7 Å². The Balaban J connectivity index is 2.16. The Morgan fingerprint density at radius 2 is 2.12 bits per heavy atom. The fourth-order valence-electron chi connectivity index (χ4n) is 4.41. The molecule has 0 aromatic carbocycles. The van der Waals surface area contributed by atoms with Crippen LogP contribution in [0.15, 0.2) is 18.3 Å². The van der Waals surface area contributed by atoms with Gasteiger partial charge in [-0.3, -0.25) is 14.4 Å². The van der Waals surface area contributed by atoms with E-state index in [4.69, 9.17) is 4.84 Å². The molecular formula is C26H44N4O4. The number of anilines is 1. The summed E-state index contributed by atoms with van der Waals surface area (Å²) in [6.45, 7) is 7.44. The number of amides is 2. The predicted octanol–water partition coefficient (Wildman–Crippen LogP) is 3.84. The Kier molecular flexibility index (Phi) is 12.3. The average Bonchev–Trinajstić information content (AvgIpc) is 2.82. The highest BCUT2D eigenvalue weighted by Gasteiger charge is 2.28. The minimum atomic E-state index is -0.814. The number of pyridine rings is 1. The highest BCUT2D eigenvalue weighted by atomic mass is 16.7. The highest BCUT2D eigenvalue weighted by Crippen LogP contribution is 2.22. The number of carbonyl (C=O) groups excluding carboxylic acids is 2. The first-order chi connectivity index (χ1) is 16.3. The number of hydrogen-bond acceptors (Lipinski definition) is 6. The van der Waals surface area contributed by atoms with Crippen molar-refractivity contribution in [2.75, 3.05) is 25.3 Å². The second-order valence-electron chi connectivity index (χ2n) is 9.66. The van der Waals surface area contributed by atoms with E-state index in [0.29, 0.717) is 43.2 Å². The Labute approximate surface area is 204 Å². The molecule has 192 valence electrons.